The molecule has 0 atom stereocenters. The van der Waals surface area contributed by atoms with Crippen LogP contribution in [0.2, 0.25) is 0 Å². The van der Waals surface area contributed by atoms with Crippen LogP contribution < -0.4 is 10.6 Å². The summed E-state index contributed by atoms with van der Waals surface area (Å²) in [4.78, 5) is 20.1. The predicted molar refractivity (Wildman–Crippen MR) is 112 cm³/mol. The summed E-state index contributed by atoms with van der Waals surface area (Å²) in [5.41, 5.74) is 7.60. The molecule has 2 aliphatic heterocycles. The minimum absolute atomic E-state index is 0.0396. The number of likely N-dealkylation sites (N-methyl/N-ethyl adjacent to an activating group) is 1. The van der Waals surface area contributed by atoms with E-state index in [1.165, 1.54) is 16.7 Å². The van der Waals surface area contributed by atoms with Gasteiger partial charge in [0.2, 0.25) is 5.91 Å². The second kappa shape index (κ2) is 6.25. The number of nitrogens with zero attached hydrogens (tertiary/aromatic N) is 2. The monoisotopic (exact) mass is 376 g/mol. The van der Waals surface area contributed by atoms with Crippen molar-refractivity contribution in [3.63, 3.8) is 0 Å². The normalized spacial score (nSPS) is 14.6. The Labute approximate surface area is 162 Å². The number of rotatable bonds is 3. The van der Waals surface area contributed by atoms with Gasteiger partial charge in [-0.05, 0) is 43.8 Å². The lowest BCUT2D eigenvalue weighted by Crippen LogP contribution is -2.22. The Kier molecular flexibility index (Phi) is 3.84. The van der Waals surface area contributed by atoms with Crippen LogP contribution in [-0.2, 0) is 11.2 Å². The van der Waals surface area contributed by atoms with Gasteiger partial charge in [0, 0.05) is 34.3 Å². The first-order valence-electron chi connectivity index (χ1n) is 9.05. The molecule has 3 heterocycles. The summed E-state index contributed by atoms with van der Waals surface area (Å²) in [6.07, 6.45) is 2.75. The zero-order valence-electron chi connectivity index (χ0n) is 15.3. The number of hydrogen-bond acceptors (Lipinski definition) is 5. The molecule has 5 nitrogen and oxygen atoms in total. The number of fused-ring (bicyclic) bond motifs is 4. The molecule has 2 N–H and O–H groups in total. The Morgan fingerprint density at radius 2 is 1.96 bits per heavy atom. The van der Waals surface area contributed by atoms with Gasteiger partial charge in [0.05, 0.1) is 22.6 Å². The van der Waals surface area contributed by atoms with Crippen molar-refractivity contribution in [3.05, 3.63) is 42.1 Å². The molecule has 0 radical (unpaired) electrons. The summed E-state index contributed by atoms with van der Waals surface area (Å²) in [7, 11) is 4.17. The van der Waals surface area contributed by atoms with Crippen molar-refractivity contribution in [2.24, 2.45) is 0 Å². The first kappa shape index (κ1) is 16.6. The van der Waals surface area contributed by atoms with Gasteiger partial charge in [-0.15, -0.1) is 11.8 Å². The number of hydrogen-bond donors (Lipinski definition) is 2. The van der Waals surface area contributed by atoms with Crippen LogP contribution in [0.15, 0.2) is 41.4 Å². The van der Waals surface area contributed by atoms with Crippen LogP contribution in [0.3, 0.4) is 0 Å². The molecule has 0 aliphatic carbocycles. The lowest BCUT2D eigenvalue weighted by Gasteiger charge is -2.30. The van der Waals surface area contributed by atoms with E-state index in [1.54, 1.807) is 11.8 Å². The summed E-state index contributed by atoms with van der Waals surface area (Å²) < 4.78 is 0. The summed E-state index contributed by atoms with van der Waals surface area (Å²) in [6, 6.07) is 10.4. The number of nitrogens with one attached hydrogen (secondary N) is 2. The highest BCUT2D eigenvalue weighted by Crippen LogP contribution is 2.51. The first-order chi connectivity index (χ1) is 13.1. The van der Waals surface area contributed by atoms with Crippen molar-refractivity contribution in [1.29, 1.82) is 0 Å². The Bertz CT molecular complexity index is 1090. The van der Waals surface area contributed by atoms with Gasteiger partial charge in [0.15, 0.2) is 0 Å². The highest BCUT2D eigenvalue weighted by molar-refractivity contribution is 8.00. The van der Waals surface area contributed by atoms with E-state index in [0.717, 1.165) is 45.8 Å². The van der Waals surface area contributed by atoms with Crippen LogP contribution in [0, 0.1) is 0 Å². The lowest BCUT2D eigenvalue weighted by atomic mass is 9.91. The van der Waals surface area contributed by atoms with E-state index in [1.807, 2.05) is 6.20 Å². The summed E-state index contributed by atoms with van der Waals surface area (Å²) >= 11 is 1.62. The zero-order chi connectivity index (χ0) is 18.5. The van der Waals surface area contributed by atoms with Gasteiger partial charge >= 0.3 is 0 Å². The number of carbonyl (C=O) groups is 1. The maximum Gasteiger partial charge on any atom is 0.234 e. The smallest absolute Gasteiger partial charge is 0.234 e. The molecule has 3 aromatic rings. The average molecular weight is 376 g/mol. The van der Waals surface area contributed by atoms with Crippen LogP contribution in [-0.4, -0.2) is 42.2 Å². The molecule has 0 fully saturated rings. The van der Waals surface area contributed by atoms with E-state index in [9.17, 15) is 4.79 Å². The molecule has 1 aromatic heterocycles. The molecule has 2 aliphatic rings. The van der Waals surface area contributed by atoms with Gasteiger partial charge in [-0.2, -0.15) is 0 Å². The molecule has 6 heteroatoms. The number of amides is 1. The quantitative estimate of drug-likeness (QED) is 0.564. The third-order valence-corrected chi connectivity index (χ3v) is 6.28. The third-order valence-electron chi connectivity index (χ3n) is 5.14. The molecule has 1 amide bonds. The van der Waals surface area contributed by atoms with Gasteiger partial charge in [-0.25, -0.2) is 0 Å². The molecule has 0 unspecified atom stereocenters. The fourth-order valence-electron chi connectivity index (χ4n) is 3.91. The summed E-state index contributed by atoms with van der Waals surface area (Å²) in [6.45, 7) is 0.943. The molecule has 2 aromatic carbocycles. The van der Waals surface area contributed by atoms with Crippen molar-refractivity contribution < 1.29 is 4.79 Å². The van der Waals surface area contributed by atoms with E-state index in [-0.39, 0.29) is 5.91 Å². The van der Waals surface area contributed by atoms with E-state index in [4.69, 9.17) is 0 Å². The van der Waals surface area contributed by atoms with E-state index in [2.05, 4.69) is 64.9 Å². The first-order valence-corrected chi connectivity index (χ1v) is 10.0. The maximum absolute atomic E-state index is 12.1. The minimum Gasteiger partial charge on any atom is -0.354 e. The van der Waals surface area contributed by atoms with Crippen molar-refractivity contribution in [3.8, 4) is 11.1 Å². The van der Waals surface area contributed by atoms with Gasteiger partial charge in [0.25, 0.3) is 0 Å². The summed E-state index contributed by atoms with van der Waals surface area (Å²) in [5, 5.41) is 7.87. The van der Waals surface area contributed by atoms with Crippen molar-refractivity contribution in [2.45, 2.75) is 11.3 Å². The number of anilines is 3. The van der Waals surface area contributed by atoms with Crippen molar-refractivity contribution in [1.82, 2.24) is 9.88 Å². The third kappa shape index (κ3) is 2.59. The van der Waals surface area contributed by atoms with E-state index >= 15 is 0 Å². The number of aromatic nitrogens is 1. The number of carbonyl (C=O) groups excluding carboxylic acids is 1. The largest absolute Gasteiger partial charge is 0.354 e. The van der Waals surface area contributed by atoms with Gasteiger partial charge in [-0.1, -0.05) is 18.2 Å². The summed E-state index contributed by atoms with van der Waals surface area (Å²) in [5.74, 6) is 0.487. The van der Waals surface area contributed by atoms with Crippen LogP contribution in [0.4, 0.5) is 17.1 Å². The Morgan fingerprint density at radius 1 is 1.11 bits per heavy atom. The second-order valence-electron chi connectivity index (χ2n) is 7.20. The zero-order valence-corrected chi connectivity index (χ0v) is 16.1. The fourth-order valence-corrected chi connectivity index (χ4v) is 4.93. The molecular weight excluding hydrogens is 356 g/mol. The van der Waals surface area contributed by atoms with Crippen molar-refractivity contribution >= 4 is 45.6 Å². The minimum atomic E-state index is 0.0396. The van der Waals surface area contributed by atoms with Gasteiger partial charge < -0.3 is 15.5 Å². The standard InChI is InChI=1S/C21H20N4OS/c1-25(2)10-8-14-18-17-13(12-5-3-4-6-15(12)23-18)7-9-22-19(17)20-21(14)27-11-16(26)24-20/h3-7,9,23H,8,10-11H2,1-2H3,(H,24,26). The fraction of sp³-hybridized carbons (Fsp3) is 0.238. The Balaban J connectivity index is 1.85. The molecule has 27 heavy (non-hydrogen) atoms. The molecule has 0 saturated heterocycles. The lowest BCUT2D eigenvalue weighted by molar-refractivity contribution is -0.113. The molecular formula is C21H20N4OS. The van der Waals surface area contributed by atoms with Crippen LogP contribution in [0.25, 0.3) is 22.0 Å². The number of thioether (sulfide) groups is 1. The molecule has 0 bridgehead atoms. The number of para-hydroxylation sites is 1. The van der Waals surface area contributed by atoms with Gasteiger partial charge in [0.1, 0.15) is 0 Å². The number of benzene rings is 2. The maximum atomic E-state index is 12.1. The molecule has 5 rings (SSSR count). The topological polar surface area (TPSA) is 57.3 Å². The average Bonchev–Trinajstić information content (AvgIpc) is 2.68. The van der Waals surface area contributed by atoms with Gasteiger partial charge in [-0.3, -0.25) is 9.78 Å². The highest BCUT2D eigenvalue weighted by atomic mass is 32.2. The molecule has 136 valence electrons. The number of pyridine rings is 1. The van der Waals surface area contributed by atoms with Crippen LogP contribution >= 0.6 is 11.8 Å². The highest BCUT2D eigenvalue weighted by Gasteiger charge is 2.29. The van der Waals surface area contributed by atoms with E-state index in [0.29, 0.717) is 5.75 Å². The second-order valence-corrected chi connectivity index (χ2v) is 8.19. The molecule has 0 saturated carbocycles. The van der Waals surface area contributed by atoms with Crippen LogP contribution in [0.5, 0.6) is 0 Å². The molecule has 0 spiro atoms. The Hall–Kier alpha value is -2.57. The predicted octanol–water partition coefficient (Wildman–Crippen LogP) is 4.11. The Morgan fingerprint density at radius 3 is 2.81 bits per heavy atom. The van der Waals surface area contributed by atoms with Crippen molar-refractivity contribution in [2.75, 3.05) is 37.0 Å². The van der Waals surface area contributed by atoms with E-state index < -0.39 is 0 Å². The SMILES string of the molecule is CN(C)CCc1c2c(c3nccc4c3c1Nc1ccccc1-4)NC(=O)CS2. The van der Waals surface area contributed by atoms with Crippen LogP contribution in [0.1, 0.15) is 5.56 Å².